The molecular formula is C23H22F3N5O3. The molecule has 0 unspecified atom stereocenters. The van der Waals surface area contributed by atoms with Crippen LogP contribution in [0.15, 0.2) is 54.9 Å². The number of anilines is 2. The Morgan fingerprint density at radius 2 is 1.74 bits per heavy atom. The standard InChI is InChI=1S/C23H22F3N5O3/c1-15(22(32)28-17-4-2-16(3-5-17)23(24,25)26)29-10-12-30(13-11-29)20-6-7-21(31(33)34)19-14-27-9-8-18(19)20/h2-9,14-15H,10-13H2,1H3,(H,28,32)/t15-/m1/s1. The average molecular weight is 473 g/mol. The highest BCUT2D eigenvalue weighted by atomic mass is 19.4. The summed E-state index contributed by atoms with van der Waals surface area (Å²) in [5.74, 6) is -0.305. The quantitative estimate of drug-likeness (QED) is 0.439. The number of non-ortho nitro benzene ring substituents is 1. The van der Waals surface area contributed by atoms with E-state index in [1.165, 1.54) is 24.4 Å². The summed E-state index contributed by atoms with van der Waals surface area (Å²) in [7, 11) is 0. The van der Waals surface area contributed by atoms with Crippen LogP contribution in [0.5, 0.6) is 0 Å². The Hall–Kier alpha value is -3.73. The first-order chi connectivity index (χ1) is 16.1. The first-order valence-electron chi connectivity index (χ1n) is 10.6. The Morgan fingerprint density at radius 1 is 1.06 bits per heavy atom. The highest BCUT2D eigenvalue weighted by molar-refractivity contribution is 5.99. The van der Waals surface area contributed by atoms with Gasteiger partial charge in [-0.05, 0) is 43.3 Å². The largest absolute Gasteiger partial charge is 0.416 e. The lowest BCUT2D eigenvalue weighted by Gasteiger charge is -2.38. The summed E-state index contributed by atoms with van der Waals surface area (Å²) in [6.45, 7) is 4.11. The van der Waals surface area contributed by atoms with Crippen LogP contribution >= 0.6 is 0 Å². The highest BCUT2D eigenvalue weighted by Crippen LogP contribution is 2.33. The van der Waals surface area contributed by atoms with Crippen LogP contribution in [0.1, 0.15) is 12.5 Å². The predicted molar refractivity (Wildman–Crippen MR) is 122 cm³/mol. The molecule has 0 aliphatic carbocycles. The number of nitrogens with one attached hydrogen (secondary N) is 1. The number of nitro benzene ring substituents is 1. The van der Waals surface area contributed by atoms with Crippen LogP contribution in [0.25, 0.3) is 10.8 Å². The second-order valence-corrected chi connectivity index (χ2v) is 8.05. The Morgan fingerprint density at radius 3 is 2.35 bits per heavy atom. The van der Waals surface area contributed by atoms with Crippen molar-refractivity contribution in [3.05, 3.63) is 70.5 Å². The number of benzene rings is 2. The lowest BCUT2D eigenvalue weighted by Crippen LogP contribution is -2.52. The van der Waals surface area contributed by atoms with Gasteiger partial charge in [0.25, 0.3) is 5.69 Å². The molecule has 4 rings (SSSR count). The maximum atomic E-state index is 12.7. The Balaban J connectivity index is 1.40. The maximum Gasteiger partial charge on any atom is 0.416 e. The van der Waals surface area contributed by atoms with Gasteiger partial charge in [-0.15, -0.1) is 0 Å². The molecular weight excluding hydrogens is 451 g/mol. The number of hydrogen-bond acceptors (Lipinski definition) is 6. The van der Waals surface area contributed by atoms with Gasteiger partial charge in [0.05, 0.1) is 21.9 Å². The molecule has 1 N–H and O–H groups in total. The van der Waals surface area contributed by atoms with Crippen LogP contribution in [0, 0.1) is 10.1 Å². The van der Waals surface area contributed by atoms with Crippen molar-refractivity contribution >= 4 is 33.7 Å². The van der Waals surface area contributed by atoms with Crippen molar-refractivity contribution in [2.45, 2.75) is 19.1 Å². The number of carbonyl (C=O) groups excluding carboxylic acids is 1. The molecule has 11 heteroatoms. The summed E-state index contributed by atoms with van der Waals surface area (Å²) in [5, 5.41) is 15.2. The summed E-state index contributed by atoms with van der Waals surface area (Å²) in [6.07, 6.45) is -1.35. The summed E-state index contributed by atoms with van der Waals surface area (Å²) >= 11 is 0. The van der Waals surface area contributed by atoms with Gasteiger partial charge in [-0.25, -0.2) is 0 Å². The Kier molecular flexibility index (Phi) is 6.38. The number of aromatic nitrogens is 1. The van der Waals surface area contributed by atoms with E-state index in [0.29, 0.717) is 37.3 Å². The molecule has 3 aromatic rings. The van der Waals surface area contributed by atoms with Gasteiger partial charge in [-0.1, -0.05) is 0 Å². The first kappa shape index (κ1) is 23.4. The van der Waals surface area contributed by atoms with Gasteiger partial charge >= 0.3 is 6.18 Å². The van der Waals surface area contributed by atoms with Crippen molar-refractivity contribution in [2.24, 2.45) is 0 Å². The van der Waals surface area contributed by atoms with Gasteiger partial charge in [-0.3, -0.25) is 24.8 Å². The van der Waals surface area contributed by atoms with E-state index >= 15 is 0 Å². The molecule has 1 amide bonds. The fraction of sp³-hybridized carbons (Fsp3) is 0.304. The van der Waals surface area contributed by atoms with Crippen molar-refractivity contribution < 1.29 is 22.9 Å². The van der Waals surface area contributed by atoms with E-state index in [-0.39, 0.29) is 11.6 Å². The second-order valence-electron chi connectivity index (χ2n) is 8.05. The highest BCUT2D eigenvalue weighted by Gasteiger charge is 2.30. The van der Waals surface area contributed by atoms with Crippen molar-refractivity contribution in [3.63, 3.8) is 0 Å². The second kappa shape index (κ2) is 9.26. The van der Waals surface area contributed by atoms with E-state index in [9.17, 15) is 28.1 Å². The molecule has 0 saturated carbocycles. The topological polar surface area (TPSA) is 91.6 Å². The third-order valence-electron chi connectivity index (χ3n) is 6.03. The minimum absolute atomic E-state index is 0.000884. The molecule has 8 nitrogen and oxygen atoms in total. The third kappa shape index (κ3) is 4.79. The zero-order chi connectivity index (χ0) is 24.5. The van der Waals surface area contributed by atoms with Crippen LogP contribution in [0.4, 0.5) is 30.2 Å². The fourth-order valence-corrected chi connectivity index (χ4v) is 4.10. The van der Waals surface area contributed by atoms with Crippen LogP contribution < -0.4 is 10.2 Å². The van der Waals surface area contributed by atoms with E-state index in [4.69, 9.17) is 0 Å². The Labute approximate surface area is 193 Å². The summed E-state index contributed by atoms with van der Waals surface area (Å²) < 4.78 is 38.2. The minimum Gasteiger partial charge on any atom is -0.368 e. The number of pyridine rings is 1. The zero-order valence-corrected chi connectivity index (χ0v) is 18.2. The van der Waals surface area contributed by atoms with E-state index < -0.39 is 22.7 Å². The first-order valence-corrected chi connectivity index (χ1v) is 10.6. The number of fused-ring (bicyclic) bond motifs is 1. The van der Waals surface area contributed by atoms with Crippen molar-refractivity contribution in [3.8, 4) is 0 Å². The molecule has 2 heterocycles. The van der Waals surface area contributed by atoms with Crippen molar-refractivity contribution in [2.75, 3.05) is 36.4 Å². The molecule has 1 aliphatic heterocycles. The van der Waals surface area contributed by atoms with E-state index in [1.807, 2.05) is 4.90 Å². The number of nitro groups is 1. The van der Waals surface area contributed by atoms with Gasteiger partial charge in [0.2, 0.25) is 5.91 Å². The number of alkyl halides is 3. The SMILES string of the molecule is C[C@H](C(=O)Nc1ccc(C(F)(F)F)cc1)N1CCN(c2ccc([N+](=O)[O-])c3cnccc23)CC1. The van der Waals surface area contributed by atoms with Crippen LogP contribution in [0.3, 0.4) is 0 Å². The average Bonchev–Trinajstić information content (AvgIpc) is 2.82. The number of halogens is 3. The molecule has 1 fully saturated rings. The number of hydrogen-bond donors (Lipinski definition) is 1. The van der Waals surface area contributed by atoms with Gasteiger partial charge in [-0.2, -0.15) is 13.2 Å². The molecule has 0 radical (unpaired) electrons. The van der Waals surface area contributed by atoms with Crippen molar-refractivity contribution in [1.29, 1.82) is 0 Å². The van der Waals surface area contributed by atoms with Crippen LogP contribution in [-0.4, -0.2) is 52.9 Å². The molecule has 0 bridgehead atoms. The third-order valence-corrected chi connectivity index (χ3v) is 6.03. The molecule has 0 spiro atoms. The molecule has 2 aromatic carbocycles. The van der Waals surface area contributed by atoms with E-state index in [2.05, 4.69) is 15.2 Å². The Bertz CT molecular complexity index is 1210. The van der Waals surface area contributed by atoms with Gasteiger partial charge < -0.3 is 10.2 Å². The smallest absolute Gasteiger partial charge is 0.368 e. The van der Waals surface area contributed by atoms with Gasteiger partial charge in [0, 0.05) is 61.4 Å². The number of amides is 1. The number of nitrogens with zero attached hydrogens (tertiary/aromatic N) is 4. The van der Waals surface area contributed by atoms with Gasteiger partial charge in [0.1, 0.15) is 0 Å². The lowest BCUT2D eigenvalue weighted by atomic mass is 10.1. The monoisotopic (exact) mass is 473 g/mol. The maximum absolute atomic E-state index is 12.7. The number of piperazine rings is 1. The van der Waals surface area contributed by atoms with Crippen molar-refractivity contribution in [1.82, 2.24) is 9.88 Å². The molecule has 1 aliphatic rings. The molecule has 178 valence electrons. The molecule has 1 atom stereocenters. The molecule has 34 heavy (non-hydrogen) atoms. The summed E-state index contributed by atoms with van der Waals surface area (Å²) in [5.41, 5.74) is 0.391. The predicted octanol–water partition coefficient (Wildman–Crippen LogP) is 4.31. The van der Waals surface area contributed by atoms with Crippen LogP contribution in [-0.2, 0) is 11.0 Å². The molecule has 1 aromatic heterocycles. The van der Waals surface area contributed by atoms with E-state index in [0.717, 1.165) is 23.2 Å². The van der Waals surface area contributed by atoms with Gasteiger partial charge in [0.15, 0.2) is 0 Å². The summed E-state index contributed by atoms with van der Waals surface area (Å²) in [6, 6.07) is 8.82. The number of carbonyl (C=O) groups is 1. The van der Waals surface area contributed by atoms with Crippen LogP contribution in [0.2, 0.25) is 0 Å². The fourth-order valence-electron chi connectivity index (χ4n) is 4.10. The molecule has 1 saturated heterocycles. The normalized spacial score (nSPS) is 15.8. The van der Waals surface area contributed by atoms with E-state index in [1.54, 1.807) is 25.3 Å². The number of rotatable bonds is 5. The minimum atomic E-state index is -4.43. The summed E-state index contributed by atoms with van der Waals surface area (Å²) in [4.78, 5) is 31.7. The zero-order valence-electron chi connectivity index (χ0n) is 18.2. The lowest BCUT2D eigenvalue weighted by molar-refractivity contribution is -0.383.